The fourth-order valence-corrected chi connectivity index (χ4v) is 5.18. The highest BCUT2D eigenvalue weighted by Crippen LogP contribution is 2.39. The summed E-state index contributed by atoms with van der Waals surface area (Å²) >= 11 is 5.88. The molecule has 0 saturated carbocycles. The van der Waals surface area contributed by atoms with Crippen LogP contribution in [0.25, 0.3) is 17.1 Å². The minimum absolute atomic E-state index is 0.0557. The number of aromatic nitrogens is 6. The molecule has 3 aromatic heterocycles. The molecule has 37 heavy (non-hydrogen) atoms. The van der Waals surface area contributed by atoms with E-state index in [2.05, 4.69) is 34.9 Å². The van der Waals surface area contributed by atoms with E-state index >= 15 is 0 Å². The normalized spacial score (nSPS) is 19.5. The first-order chi connectivity index (χ1) is 17.6. The van der Waals surface area contributed by atoms with Crippen LogP contribution in [0.5, 0.6) is 0 Å². The summed E-state index contributed by atoms with van der Waals surface area (Å²) in [5, 5.41) is 7.92. The molecule has 0 saturated heterocycles. The Hall–Kier alpha value is -3.42. The van der Waals surface area contributed by atoms with Gasteiger partial charge in [-0.05, 0) is 26.0 Å². The lowest BCUT2D eigenvalue weighted by Gasteiger charge is -2.34. The number of ether oxygens (including phenoxy) is 2. The number of aliphatic imine (C=N–C) groups is 1. The van der Waals surface area contributed by atoms with E-state index in [0.29, 0.717) is 34.4 Å². The van der Waals surface area contributed by atoms with Crippen molar-refractivity contribution in [2.45, 2.75) is 44.0 Å². The van der Waals surface area contributed by atoms with Gasteiger partial charge in [-0.1, -0.05) is 18.5 Å². The number of hydrogen-bond acceptors (Lipinski definition) is 10. The van der Waals surface area contributed by atoms with Crippen molar-refractivity contribution < 1.29 is 17.9 Å². The van der Waals surface area contributed by atoms with Crippen LogP contribution in [0.1, 0.15) is 38.9 Å². The Morgan fingerprint density at radius 1 is 1.16 bits per heavy atom. The van der Waals surface area contributed by atoms with Crippen molar-refractivity contribution in [2.75, 3.05) is 18.9 Å². The van der Waals surface area contributed by atoms with Gasteiger partial charge in [0.1, 0.15) is 17.1 Å². The van der Waals surface area contributed by atoms with Crippen LogP contribution in [0.4, 0.5) is 5.95 Å². The van der Waals surface area contributed by atoms with Gasteiger partial charge in [0.2, 0.25) is 21.9 Å². The molecular weight excluding hydrogens is 520 g/mol. The Morgan fingerprint density at radius 2 is 1.89 bits per heavy atom. The topological polar surface area (TPSA) is 146 Å². The summed E-state index contributed by atoms with van der Waals surface area (Å²) in [6.07, 6.45) is 8.17. The van der Waals surface area contributed by atoms with Gasteiger partial charge in [-0.3, -0.25) is 14.3 Å². The van der Waals surface area contributed by atoms with E-state index < -0.39 is 26.8 Å². The highest BCUT2D eigenvalue weighted by atomic mass is 35.5. The third-order valence-corrected chi connectivity index (χ3v) is 8.37. The first-order valence-corrected chi connectivity index (χ1v) is 13.3. The Balaban J connectivity index is 1.83. The molecule has 12 nitrogen and oxygen atoms in total. The summed E-state index contributed by atoms with van der Waals surface area (Å²) < 4.78 is 42.7. The first kappa shape index (κ1) is 26.6. The second-order valence-corrected chi connectivity index (χ2v) is 11.1. The number of nitrogens with one attached hydrogen (secondary N) is 1. The lowest BCUT2D eigenvalue weighted by molar-refractivity contribution is 0.0552. The van der Waals surface area contributed by atoms with Gasteiger partial charge < -0.3 is 9.47 Å². The number of halogens is 1. The van der Waals surface area contributed by atoms with E-state index in [1.165, 1.54) is 19.5 Å². The molecule has 1 aliphatic rings. The van der Waals surface area contributed by atoms with Gasteiger partial charge in [0, 0.05) is 56.0 Å². The minimum atomic E-state index is -4.01. The molecule has 0 bridgehead atoms. The molecule has 1 unspecified atom stereocenters. The van der Waals surface area contributed by atoms with Crippen LogP contribution in [0.2, 0.25) is 5.02 Å². The largest absolute Gasteiger partial charge is 0.480 e. The van der Waals surface area contributed by atoms with Crippen molar-refractivity contribution in [1.82, 2.24) is 29.7 Å². The maximum atomic E-state index is 13.6. The standard InChI is InChI=1S/C23H27ClN8O4S/c1-14(19-27-12-17(24)13-28-19)15(2)37(33,34)31-22-30-29-20(16-7-6-9-25-11-16)32(22)18-21(35-4)26-10-8-23(18,3)36-5/h6-7,9-15H,8H2,1-5H3,(H,30,31)/t14-,15-,23?/m1/s1. The molecular formula is C23H27ClN8O4S. The molecule has 1 N–H and O–H groups in total. The van der Waals surface area contributed by atoms with Crippen LogP contribution >= 0.6 is 11.6 Å². The third-order valence-electron chi connectivity index (χ3n) is 6.32. The summed E-state index contributed by atoms with van der Waals surface area (Å²) in [6.45, 7) is 5.14. The van der Waals surface area contributed by atoms with Gasteiger partial charge in [0.05, 0.1) is 17.4 Å². The number of hydrogen-bond donors (Lipinski definition) is 1. The Kier molecular flexibility index (Phi) is 7.57. The molecule has 4 rings (SSSR count). The Labute approximate surface area is 219 Å². The molecule has 196 valence electrons. The lowest BCUT2D eigenvalue weighted by atomic mass is 9.95. The number of sulfonamides is 1. The average molecular weight is 547 g/mol. The molecule has 0 spiro atoms. The molecule has 14 heteroatoms. The minimum Gasteiger partial charge on any atom is -0.480 e. The second-order valence-electron chi connectivity index (χ2n) is 8.63. The predicted molar refractivity (Wildman–Crippen MR) is 139 cm³/mol. The Bertz CT molecular complexity index is 1430. The van der Waals surface area contributed by atoms with Crippen molar-refractivity contribution in [3.63, 3.8) is 0 Å². The van der Waals surface area contributed by atoms with E-state index in [0.717, 1.165) is 0 Å². The zero-order chi connectivity index (χ0) is 26.8. The van der Waals surface area contributed by atoms with Crippen LogP contribution in [0.3, 0.4) is 0 Å². The van der Waals surface area contributed by atoms with Gasteiger partial charge in [0.15, 0.2) is 5.82 Å². The molecule has 0 radical (unpaired) electrons. The van der Waals surface area contributed by atoms with E-state index in [1.807, 2.05) is 6.92 Å². The van der Waals surface area contributed by atoms with Gasteiger partial charge >= 0.3 is 0 Å². The SMILES string of the molecule is COC1=C(n2c(NS(=O)(=O)[C@H](C)[C@@H](C)c3ncc(Cl)cn3)nnc2-c2cccnc2)C(C)(OC)CC=N1. The third kappa shape index (κ3) is 5.20. The highest BCUT2D eigenvalue weighted by molar-refractivity contribution is 7.93. The summed E-state index contributed by atoms with van der Waals surface area (Å²) in [4.78, 5) is 16.9. The van der Waals surface area contributed by atoms with Crippen LogP contribution in [-0.2, 0) is 19.5 Å². The number of rotatable bonds is 9. The zero-order valence-electron chi connectivity index (χ0n) is 21.0. The summed E-state index contributed by atoms with van der Waals surface area (Å²) in [5.74, 6) is 0.299. The quantitative estimate of drug-likeness (QED) is 0.426. The van der Waals surface area contributed by atoms with Crippen LogP contribution < -0.4 is 4.72 Å². The molecule has 0 aromatic carbocycles. The zero-order valence-corrected chi connectivity index (χ0v) is 22.5. The highest BCUT2D eigenvalue weighted by Gasteiger charge is 2.40. The van der Waals surface area contributed by atoms with Crippen molar-refractivity contribution in [2.24, 2.45) is 4.99 Å². The molecule has 0 aliphatic carbocycles. The maximum Gasteiger partial charge on any atom is 0.243 e. The van der Waals surface area contributed by atoms with Gasteiger partial charge in [-0.2, -0.15) is 0 Å². The Morgan fingerprint density at radius 3 is 2.51 bits per heavy atom. The van der Waals surface area contributed by atoms with Crippen LogP contribution in [0, 0.1) is 0 Å². The van der Waals surface area contributed by atoms with Crippen LogP contribution in [0.15, 0.2) is 47.8 Å². The smallest absolute Gasteiger partial charge is 0.243 e. The lowest BCUT2D eigenvalue weighted by Crippen LogP contribution is -2.37. The van der Waals surface area contributed by atoms with E-state index in [-0.39, 0.29) is 11.8 Å². The number of methoxy groups -OCH3 is 2. The fourth-order valence-electron chi connectivity index (χ4n) is 3.85. The maximum absolute atomic E-state index is 13.6. The summed E-state index contributed by atoms with van der Waals surface area (Å²) in [5.41, 5.74) is 0.110. The number of anilines is 1. The van der Waals surface area contributed by atoms with Gasteiger partial charge in [0.25, 0.3) is 0 Å². The van der Waals surface area contributed by atoms with Gasteiger partial charge in [-0.15, -0.1) is 10.2 Å². The van der Waals surface area contributed by atoms with Crippen molar-refractivity contribution >= 4 is 39.5 Å². The molecule has 4 heterocycles. The van der Waals surface area contributed by atoms with E-state index in [9.17, 15) is 8.42 Å². The molecule has 3 aromatic rings. The fraction of sp³-hybridized carbons (Fsp3) is 0.391. The average Bonchev–Trinajstić information content (AvgIpc) is 3.30. The predicted octanol–water partition coefficient (Wildman–Crippen LogP) is 3.37. The van der Waals surface area contributed by atoms with E-state index in [4.69, 9.17) is 21.1 Å². The monoisotopic (exact) mass is 546 g/mol. The molecule has 3 atom stereocenters. The van der Waals surface area contributed by atoms with Crippen LogP contribution in [-0.4, -0.2) is 69.4 Å². The number of nitrogens with zero attached hydrogens (tertiary/aromatic N) is 7. The molecule has 0 amide bonds. The molecule has 0 fully saturated rings. The van der Waals surface area contributed by atoms with E-state index in [1.54, 1.807) is 56.3 Å². The number of pyridine rings is 1. The summed E-state index contributed by atoms with van der Waals surface area (Å²) in [7, 11) is -0.984. The summed E-state index contributed by atoms with van der Waals surface area (Å²) in [6, 6.07) is 3.53. The van der Waals surface area contributed by atoms with Crippen molar-refractivity contribution in [1.29, 1.82) is 0 Å². The second kappa shape index (κ2) is 10.5. The van der Waals surface area contributed by atoms with Gasteiger partial charge in [-0.25, -0.2) is 23.4 Å². The van der Waals surface area contributed by atoms with Crippen molar-refractivity contribution in [3.05, 3.63) is 53.7 Å². The molecule has 1 aliphatic heterocycles. The van der Waals surface area contributed by atoms with Crippen molar-refractivity contribution in [3.8, 4) is 11.4 Å². The first-order valence-electron chi connectivity index (χ1n) is 11.3.